The molecule has 0 aliphatic heterocycles. The Balaban J connectivity index is 1.27. The fourth-order valence-corrected chi connectivity index (χ4v) is 6.34. The van der Waals surface area contributed by atoms with Crippen LogP contribution in [0.15, 0.2) is 120 Å². The Labute approximate surface area is 220 Å². The third kappa shape index (κ3) is 3.10. The van der Waals surface area contributed by atoms with Crippen LogP contribution >= 0.6 is 0 Å². The lowest BCUT2D eigenvalue weighted by atomic mass is 9.73. The minimum Gasteiger partial charge on any atom is -0.438 e. The van der Waals surface area contributed by atoms with Crippen LogP contribution in [-0.2, 0) is 11.8 Å². The fraction of sp³-hybridized carbons (Fsp3) is 0.0833. The first-order valence-corrected chi connectivity index (χ1v) is 13.2. The van der Waals surface area contributed by atoms with Gasteiger partial charge in [0.2, 0.25) is 5.71 Å². The normalized spacial score (nSPS) is 17.0. The van der Waals surface area contributed by atoms with Crippen LogP contribution < -0.4 is 0 Å². The van der Waals surface area contributed by atoms with Crippen LogP contribution in [0.25, 0.3) is 60.6 Å². The molecule has 8 rings (SSSR count). The number of nitrogens with zero attached hydrogens (tertiary/aromatic N) is 1. The molecule has 1 aliphatic carbocycles. The van der Waals surface area contributed by atoms with Gasteiger partial charge in [-0.1, -0.05) is 97.9 Å². The molecular weight excluding hydrogens is 462 g/mol. The van der Waals surface area contributed by atoms with Crippen molar-refractivity contribution in [2.45, 2.75) is 18.8 Å². The smallest absolute Gasteiger partial charge is 0.226 e. The first-order chi connectivity index (χ1) is 18.7. The van der Waals surface area contributed by atoms with Gasteiger partial charge < -0.3 is 4.42 Å². The maximum absolute atomic E-state index is 6.02. The van der Waals surface area contributed by atoms with Crippen molar-refractivity contribution in [3.63, 3.8) is 0 Å². The molecule has 0 amide bonds. The predicted octanol–water partition coefficient (Wildman–Crippen LogP) is 9.48. The monoisotopic (exact) mass is 487 g/mol. The summed E-state index contributed by atoms with van der Waals surface area (Å²) in [6, 6.07) is 37.6. The van der Waals surface area contributed by atoms with Crippen LogP contribution in [0.5, 0.6) is 0 Å². The van der Waals surface area contributed by atoms with Gasteiger partial charge in [-0.05, 0) is 79.7 Å². The molecule has 0 N–H and O–H groups in total. The number of rotatable bonds is 2. The number of fused-ring (bicyclic) bond motifs is 9. The van der Waals surface area contributed by atoms with Gasteiger partial charge in [0.05, 0.1) is 0 Å². The van der Waals surface area contributed by atoms with Gasteiger partial charge in [-0.2, -0.15) is 0 Å². The Morgan fingerprint density at radius 3 is 2.05 bits per heavy atom. The van der Waals surface area contributed by atoms with Gasteiger partial charge in [0, 0.05) is 22.6 Å². The van der Waals surface area contributed by atoms with Crippen molar-refractivity contribution in [3.05, 3.63) is 132 Å². The van der Waals surface area contributed by atoms with E-state index in [4.69, 9.17) is 4.42 Å². The third-order valence-corrected chi connectivity index (χ3v) is 8.35. The zero-order chi connectivity index (χ0) is 25.3. The molecular formula is C36H25NO. The molecule has 0 saturated carbocycles. The molecule has 2 heterocycles. The molecule has 1 unspecified atom stereocenters. The lowest BCUT2D eigenvalue weighted by Crippen LogP contribution is -2.24. The highest BCUT2D eigenvalue weighted by atomic mass is 16.3. The van der Waals surface area contributed by atoms with E-state index in [1.807, 2.05) is 6.07 Å². The Morgan fingerprint density at radius 2 is 1.29 bits per heavy atom. The summed E-state index contributed by atoms with van der Waals surface area (Å²) in [5.41, 5.74) is 5.61. The first kappa shape index (κ1) is 21.4. The van der Waals surface area contributed by atoms with E-state index < -0.39 is 0 Å². The summed E-state index contributed by atoms with van der Waals surface area (Å²) in [7, 11) is 0. The van der Waals surface area contributed by atoms with Crippen molar-refractivity contribution in [3.8, 4) is 11.1 Å². The van der Waals surface area contributed by atoms with Crippen LogP contribution in [-0.4, -0.2) is 4.98 Å². The number of furan rings is 1. The Morgan fingerprint density at radius 1 is 0.632 bits per heavy atom. The lowest BCUT2D eigenvalue weighted by Gasteiger charge is -2.30. The Hall–Kier alpha value is -4.69. The first-order valence-electron chi connectivity index (χ1n) is 13.2. The van der Waals surface area contributed by atoms with E-state index in [0.29, 0.717) is 0 Å². The summed E-state index contributed by atoms with van der Waals surface area (Å²) < 4.78 is 6.02. The average Bonchev–Trinajstić information content (AvgIpc) is 3.35. The van der Waals surface area contributed by atoms with Gasteiger partial charge in [0.15, 0.2) is 0 Å². The summed E-state index contributed by atoms with van der Waals surface area (Å²) in [5, 5.41) is 8.93. The molecule has 0 spiro atoms. The molecule has 180 valence electrons. The summed E-state index contributed by atoms with van der Waals surface area (Å²) in [5.74, 6) is 0.931. The number of benzene rings is 5. The van der Waals surface area contributed by atoms with E-state index >= 15 is 0 Å². The van der Waals surface area contributed by atoms with Crippen molar-refractivity contribution in [1.29, 1.82) is 0 Å². The largest absolute Gasteiger partial charge is 0.438 e. The van der Waals surface area contributed by atoms with Gasteiger partial charge in [-0.15, -0.1) is 0 Å². The predicted molar refractivity (Wildman–Crippen MR) is 158 cm³/mol. The molecule has 2 aromatic heterocycles. The molecule has 0 bridgehead atoms. The molecule has 0 radical (unpaired) electrons. The van der Waals surface area contributed by atoms with Crippen LogP contribution in [0.4, 0.5) is 0 Å². The minimum atomic E-state index is -0.130. The van der Waals surface area contributed by atoms with E-state index in [0.717, 1.165) is 23.3 Å². The number of pyridine rings is 1. The van der Waals surface area contributed by atoms with Crippen molar-refractivity contribution in [1.82, 2.24) is 4.98 Å². The molecule has 7 aromatic rings. The van der Waals surface area contributed by atoms with Gasteiger partial charge in [-0.3, -0.25) is 0 Å². The highest BCUT2D eigenvalue weighted by Crippen LogP contribution is 2.41. The maximum atomic E-state index is 6.02. The highest BCUT2D eigenvalue weighted by Gasteiger charge is 2.31. The molecule has 1 atom stereocenters. The van der Waals surface area contributed by atoms with Gasteiger partial charge in [0.1, 0.15) is 5.76 Å². The minimum absolute atomic E-state index is 0.130. The molecule has 5 aromatic carbocycles. The second kappa shape index (κ2) is 7.90. The standard InChI is InChI=1S/C36H25NO/c1-36(18-17-34-33(22-36)31-14-7-19-37-35(31)38-34)25-9-6-8-23(20-25)24-15-16-30-28-12-3-2-10-26(28)27-11-4-5-13-29(27)32(30)21-24/h2-21H,22H2,1H3. The van der Waals surface area contributed by atoms with Gasteiger partial charge >= 0.3 is 0 Å². The lowest BCUT2D eigenvalue weighted by molar-refractivity contribution is 0.546. The molecule has 2 heteroatoms. The van der Waals surface area contributed by atoms with Gasteiger partial charge in [-0.25, -0.2) is 4.98 Å². The van der Waals surface area contributed by atoms with Crippen molar-refractivity contribution in [2.24, 2.45) is 0 Å². The summed E-state index contributed by atoms with van der Waals surface area (Å²) in [6.07, 6.45) is 7.09. The highest BCUT2D eigenvalue weighted by molar-refractivity contribution is 6.25. The van der Waals surface area contributed by atoms with Crippen molar-refractivity contribution in [2.75, 3.05) is 0 Å². The second-order valence-electron chi connectivity index (χ2n) is 10.7. The zero-order valence-corrected chi connectivity index (χ0v) is 21.1. The Bertz CT molecular complexity index is 2040. The summed E-state index contributed by atoms with van der Waals surface area (Å²) in [4.78, 5) is 4.43. The molecule has 0 saturated heterocycles. The number of hydrogen-bond acceptors (Lipinski definition) is 2. The van der Waals surface area contributed by atoms with Crippen molar-refractivity contribution >= 4 is 49.5 Å². The van der Waals surface area contributed by atoms with Crippen LogP contribution in [0.1, 0.15) is 23.8 Å². The van der Waals surface area contributed by atoms with E-state index in [1.54, 1.807) is 6.20 Å². The zero-order valence-electron chi connectivity index (χ0n) is 21.1. The van der Waals surface area contributed by atoms with Crippen LogP contribution in [0, 0.1) is 0 Å². The third-order valence-electron chi connectivity index (χ3n) is 8.35. The van der Waals surface area contributed by atoms with Crippen LogP contribution in [0.3, 0.4) is 0 Å². The van der Waals surface area contributed by atoms with Crippen molar-refractivity contribution < 1.29 is 4.42 Å². The number of aromatic nitrogens is 1. The van der Waals surface area contributed by atoms with E-state index in [9.17, 15) is 0 Å². The average molecular weight is 488 g/mol. The molecule has 0 fully saturated rings. The molecule has 1 aliphatic rings. The summed E-state index contributed by atoms with van der Waals surface area (Å²) >= 11 is 0. The Kier molecular flexibility index (Phi) is 4.45. The quantitative estimate of drug-likeness (QED) is 0.227. The van der Waals surface area contributed by atoms with E-state index in [2.05, 4.69) is 121 Å². The van der Waals surface area contributed by atoms with Gasteiger partial charge in [0.25, 0.3) is 0 Å². The number of allylic oxidation sites excluding steroid dienone is 1. The maximum Gasteiger partial charge on any atom is 0.226 e. The van der Waals surface area contributed by atoms with Crippen LogP contribution in [0.2, 0.25) is 0 Å². The summed E-state index contributed by atoms with van der Waals surface area (Å²) in [6.45, 7) is 2.32. The number of hydrogen-bond donors (Lipinski definition) is 0. The fourth-order valence-electron chi connectivity index (χ4n) is 6.34. The second-order valence-corrected chi connectivity index (χ2v) is 10.7. The SMILES string of the molecule is CC1(c2cccc(-c3ccc4c5ccccc5c5ccccc5c4c3)c2)C=Cc2oc3ncccc3c2C1. The van der Waals surface area contributed by atoms with E-state index in [-0.39, 0.29) is 5.41 Å². The molecule has 38 heavy (non-hydrogen) atoms. The molecule has 2 nitrogen and oxygen atoms in total. The van der Waals surface area contributed by atoms with E-state index in [1.165, 1.54) is 54.6 Å². The topological polar surface area (TPSA) is 26.0 Å².